The summed E-state index contributed by atoms with van der Waals surface area (Å²) in [4.78, 5) is 0. The predicted molar refractivity (Wildman–Crippen MR) is 57.5 cm³/mol. The van der Waals surface area contributed by atoms with Gasteiger partial charge in [-0.05, 0) is 26.7 Å². The summed E-state index contributed by atoms with van der Waals surface area (Å²) >= 11 is 0. The van der Waals surface area contributed by atoms with Gasteiger partial charge in [-0.1, -0.05) is 31.6 Å². The second kappa shape index (κ2) is 4.67. The van der Waals surface area contributed by atoms with Crippen molar-refractivity contribution in [2.75, 3.05) is 0 Å². The molecule has 0 bridgehead atoms. The van der Waals surface area contributed by atoms with Crippen LogP contribution in [0.1, 0.15) is 52.4 Å². The van der Waals surface area contributed by atoms with Gasteiger partial charge in [-0.25, -0.2) is 0 Å². The first-order valence-corrected chi connectivity index (χ1v) is 5.39. The van der Waals surface area contributed by atoms with E-state index in [0.717, 1.165) is 0 Å². The molecule has 0 aliphatic heterocycles. The fraction of sp³-hybridized carbons (Fsp3) is 0.833. The molecule has 0 aromatic rings. The molecule has 1 heteroatoms. The molecule has 74 valence electrons. The molecule has 0 saturated heterocycles. The van der Waals surface area contributed by atoms with Crippen molar-refractivity contribution in [3.63, 3.8) is 0 Å². The zero-order valence-electron chi connectivity index (χ0n) is 8.90. The highest BCUT2D eigenvalue weighted by Crippen LogP contribution is 2.19. The highest BCUT2D eigenvalue weighted by atomic mass is 15.0. The maximum Gasteiger partial charge on any atom is 0.0743 e. The summed E-state index contributed by atoms with van der Waals surface area (Å²) in [5.41, 5.74) is -0.130. The minimum atomic E-state index is -0.130. The average Bonchev–Trinajstić information content (AvgIpc) is 2.32. The third-order valence-electron chi connectivity index (χ3n) is 2.78. The number of hydrogen-bond donors (Lipinski definition) is 1. The van der Waals surface area contributed by atoms with Crippen molar-refractivity contribution in [1.82, 2.24) is 5.32 Å². The zero-order chi connectivity index (χ0) is 9.73. The molecule has 0 radical (unpaired) electrons. The second-order valence-electron chi connectivity index (χ2n) is 4.60. The normalized spacial score (nSPS) is 20.7. The monoisotopic (exact) mass is 179 g/mol. The van der Waals surface area contributed by atoms with Crippen LogP contribution in [0.2, 0.25) is 0 Å². The van der Waals surface area contributed by atoms with Gasteiger partial charge < -0.3 is 0 Å². The van der Waals surface area contributed by atoms with Crippen LogP contribution < -0.4 is 5.32 Å². The van der Waals surface area contributed by atoms with Crippen LogP contribution in [0.5, 0.6) is 0 Å². The Kier molecular flexibility index (Phi) is 3.81. The maximum atomic E-state index is 5.45. The molecule has 0 atom stereocenters. The van der Waals surface area contributed by atoms with Gasteiger partial charge in [0.05, 0.1) is 5.54 Å². The molecular formula is C12H21N. The molecule has 0 aromatic heterocycles. The quantitative estimate of drug-likeness (QED) is 0.507. The van der Waals surface area contributed by atoms with Crippen molar-refractivity contribution in [3.8, 4) is 12.3 Å². The van der Waals surface area contributed by atoms with Crippen molar-refractivity contribution in [2.45, 2.75) is 64.0 Å². The van der Waals surface area contributed by atoms with Crippen LogP contribution in [0, 0.1) is 12.3 Å². The van der Waals surface area contributed by atoms with Gasteiger partial charge in [0.15, 0.2) is 0 Å². The zero-order valence-corrected chi connectivity index (χ0v) is 8.90. The molecule has 1 nitrogen and oxygen atoms in total. The molecule has 1 fully saturated rings. The van der Waals surface area contributed by atoms with Gasteiger partial charge in [-0.15, -0.1) is 6.42 Å². The number of terminal acetylenes is 1. The molecular weight excluding hydrogens is 158 g/mol. The first-order chi connectivity index (χ1) is 6.14. The van der Waals surface area contributed by atoms with Crippen LogP contribution in [0.15, 0.2) is 0 Å². The summed E-state index contributed by atoms with van der Waals surface area (Å²) in [5.74, 6) is 2.80. The molecule has 0 unspecified atom stereocenters. The summed E-state index contributed by atoms with van der Waals surface area (Å²) in [6.45, 7) is 4.16. The fourth-order valence-electron chi connectivity index (χ4n) is 1.98. The van der Waals surface area contributed by atoms with Crippen molar-refractivity contribution in [1.29, 1.82) is 0 Å². The van der Waals surface area contributed by atoms with Crippen molar-refractivity contribution in [3.05, 3.63) is 0 Å². The first kappa shape index (κ1) is 10.6. The van der Waals surface area contributed by atoms with Crippen LogP contribution >= 0.6 is 0 Å². The van der Waals surface area contributed by atoms with Crippen LogP contribution in [-0.4, -0.2) is 11.6 Å². The van der Waals surface area contributed by atoms with E-state index in [-0.39, 0.29) is 5.54 Å². The molecule has 1 aliphatic carbocycles. The van der Waals surface area contributed by atoms with E-state index >= 15 is 0 Å². The Morgan fingerprint density at radius 3 is 2.15 bits per heavy atom. The molecule has 0 amide bonds. The average molecular weight is 179 g/mol. The van der Waals surface area contributed by atoms with Crippen LogP contribution in [-0.2, 0) is 0 Å². The van der Waals surface area contributed by atoms with E-state index in [4.69, 9.17) is 6.42 Å². The second-order valence-corrected chi connectivity index (χ2v) is 4.60. The van der Waals surface area contributed by atoms with E-state index in [1.54, 1.807) is 0 Å². The molecule has 13 heavy (non-hydrogen) atoms. The lowest BCUT2D eigenvalue weighted by Gasteiger charge is -2.26. The Bertz CT molecular complexity index is 180. The Morgan fingerprint density at radius 1 is 1.15 bits per heavy atom. The first-order valence-electron chi connectivity index (χ1n) is 5.39. The van der Waals surface area contributed by atoms with Crippen molar-refractivity contribution < 1.29 is 0 Å². The highest BCUT2D eigenvalue weighted by Gasteiger charge is 2.20. The van der Waals surface area contributed by atoms with Crippen LogP contribution in [0.4, 0.5) is 0 Å². The Hall–Kier alpha value is -0.480. The van der Waals surface area contributed by atoms with Gasteiger partial charge in [0.1, 0.15) is 0 Å². The lowest BCUT2D eigenvalue weighted by molar-refractivity contribution is 0.373. The summed E-state index contributed by atoms with van der Waals surface area (Å²) in [6.07, 6.45) is 13.6. The van der Waals surface area contributed by atoms with Crippen LogP contribution in [0.25, 0.3) is 0 Å². The third-order valence-corrected chi connectivity index (χ3v) is 2.78. The molecule has 1 N–H and O–H groups in total. The van der Waals surface area contributed by atoms with Crippen LogP contribution in [0.3, 0.4) is 0 Å². The lowest BCUT2D eigenvalue weighted by Crippen LogP contribution is -2.44. The number of hydrogen-bond acceptors (Lipinski definition) is 1. The van der Waals surface area contributed by atoms with E-state index in [1.807, 2.05) is 0 Å². The molecule has 1 rings (SSSR count). The lowest BCUT2D eigenvalue weighted by atomic mass is 10.0. The number of rotatable bonds is 2. The van der Waals surface area contributed by atoms with Gasteiger partial charge in [0.25, 0.3) is 0 Å². The summed E-state index contributed by atoms with van der Waals surface area (Å²) < 4.78 is 0. The largest absolute Gasteiger partial charge is 0.299 e. The molecule has 0 spiro atoms. The minimum absolute atomic E-state index is 0.130. The Morgan fingerprint density at radius 2 is 1.69 bits per heavy atom. The Labute approximate surface area is 82.3 Å². The molecule has 0 heterocycles. The molecule has 1 aliphatic rings. The predicted octanol–water partition coefficient (Wildman–Crippen LogP) is 2.71. The smallest absolute Gasteiger partial charge is 0.0743 e. The molecule has 1 saturated carbocycles. The highest BCUT2D eigenvalue weighted by molar-refractivity contribution is 5.08. The topological polar surface area (TPSA) is 12.0 Å². The SMILES string of the molecule is C#CC(C)(C)NC1CCCCCC1. The van der Waals surface area contributed by atoms with Gasteiger partial charge in [0, 0.05) is 6.04 Å². The van der Waals surface area contributed by atoms with E-state index < -0.39 is 0 Å². The van der Waals surface area contributed by atoms with Crippen molar-refractivity contribution >= 4 is 0 Å². The fourth-order valence-corrected chi connectivity index (χ4v) is 1.98. The van der Waals surface area contributed by atoms with E-state index in [2.05, 4.69) is 25.1 Å². The standard InChI is InChI=1S/C12H21N/c1-4-12(2,3)13-11-9-7-5-6-8-10-11/h1,11,13H,5-10H2,2-3H3. The molecule has 0 aromatic carbocycles. The maximum absolute atomic E-state index is 5.45. The van der Waals surface area contributed by atoms with Gasteiger partial charge >= 0.3 is 0 Å². The van der Waals surface area contributed by atoms with E-state index in [9.17, 15) is 0 Å². The van der Waals surface area contributed by atoms with Crippen molar-refractivity contribution in [2.24, 2.45) is 0 Å². The number of nitrogens with one attached hydrogen (secondary N) is 1. The summed E-state index contributed by atoms with van der Waals surface area (Å²) in [6, 6.07) is 0.647. The minimum Gasteiger partial charge on any atom is -0.299 e. The summed E-state index contributed by atoms with van der Waals surface area (Å²) in [5, 5.41) is 3.55. The van der Waals surface area contributed by atoms with E-state index in [1.165, 1.54) is 38.5 Å². The van der Waals surface area contributed by atoms with E-state index in [0.29, 0.717) is 6.04 Å². The third kappa shape index (κ3) is 3.83. The van der Waals surface area contributed by atoms with Gasteiger partial charge in [-0.2, -0.15) is 0 Å². The summed E-state index contributed by atoms with van der Waals surface area (Å²) in [7, 11) is 0. The Balaban J connectivity index is 2.39. The van der Waals surface area contributed by atoms with Gasteiger partial charge in [0.2, 0.25) is 0 Å². The van der Waals surface area contributed by atoms with Gasteiger partial charge in [-0.3, -0.25) is 5.32 Å².